The van der Waals surface area contributed by atoms with Crippen molar-refractivity contribution in [1.29, 1.82) is 0 Å². The van der Waals surface area contributed by atoms with Crippen LogP contribution in [0.1, 0.15) is 26.2 Å². The Labute approximate surface area is 112 Å². The highest BCUT2D eigenvalue weighted by Gasteiger charge is 2.35. The molecule has 0 radical (unpaired) electrons. The van der Waals surface area contributed by atoms with Crippen molar-refractivity contribution in [2.24, 2.45) is 0 Å². The summed E-state index contributed by atoms with van der Waals surface area (Å²) in [6, 6.07) is 5.87. The van der Waals surface area contributed by atoms with Crippen LogP contribution >= 0.6 is 11.6 Å². The fraction of sp³-hybridized carbons (Fsp3) is 0.500. The van der Waals surface area contributed by atoms with Gasteiger partial charge in [0, 0.05) is 11.4 Å². The van der Waals surface area contributed by atoms with E-state index in [0.717, 1.165) is 12.8 Å². The largest absolute Gasteiger partial charge is 0.349 e. The number of hydrogen-bond acceptors (Lipinski definition) is 4. The van der Waals surface area contributed by atoms with Crippen LogP contribution in [0.4, 0.5) is 0 Å². The zero-order chi connectivity index (χ0) is 13.2. The van der Waals surface area contributed by atoms with Gasteiger partial charge in [-0.2, -0.15) is 8.42 Å². The van der Waals surface area contributed by atoms with Crippen molar-refractivity contribution in [3.8, 4) is 0 Å². The molecule has 1 aliphatic heterocycles. The van der Waals surface area contributed by atoms with E-state index in [1.54, 1.807) is 6.92 Å². The molecule has 1 atom stereocenters. The molecule has 1 fully saturated rings. The van der Waals surface area contributed by atoms with Crippen LogP contribution in [0.15, 0.2) is 29.2 Å². The monoisotopic (exact) mass is 290 g/mol. The topological polar surface area (TPSA) is 52.6 Å². The van der Waals surface area contributed by atoms with Crippen LogP contribution in [0.25, 0.3) is 0 Å². The maximum atomic E-state index is 12.1. The summed E-state index contributed by atoms with van der Waals surface area (Å²) in [6.45, 7) is 2.17. The van der Waals surface area contributed by atoms with Crippen molar-refractivity contribution in [2.45, 2.75) is 36.9 Å². The Balaban J connectivity index is 2.18. The molecule has 6 heteroatoms. The Morgan fingerprint density at radius 2 is 1.94 bits per heavy atom. The van der Waals surface area contributed by atoms with Gasteiger partial charge in [-0.05, 0) is 44.0 Å². The summed E-state index contributed by atoms with van der Waals surface area (Å²) >= 11 is 5.72. The molecule has 4 nitrogen and oxygen atoms in total. The molecule has 18 heavy (non-hydrogen) atoms. The molecule has 1 unspecified atom stereocenters. The second kappa shape index (κ2) is 5.17. The van der Waals surface area contributed by atoms with Crippen molar-refractivity contribution in [3.63, 3.8) is 0 Å². The van der Waals surface area contributed by atoms with Gasteiger partial charge >= 0.3 is 0 Å². The van der Waals surface area contributed by atoms with Gasteiger partial charge in [-0.15, -0.1) is 0 Å². The maximum Gasteiger partial charge on any atom is 0.299 e. The average molecular weight is 291 g/mol. The van der Waals surface area contributed by atoms with E-state index < -0.39 is 15.9 Å². The molecule has 2 rings (SSSR count). The third-order valence-corrected chi connectivity index (χ3v) is 4.49. The molecule has 1 saturated heterocycles. The lowest BCUT2D eigenvalue weighted by Crippen LogP contribution is -2.37. The molecule has 0 spiro atoms. The van der Waals surface area contributed by atoms with E-state index in [1.807, 2.05) is 0 Å². The standard InChI is InChI=1S/C12H15ClO4S/c1-12(8-2-3-9-16-12)17-18(14,15)11-6-4-10(13)5-7-11/h4-7H,2-3,8-9H2,1H3. The summed E-state index contributed by atoms with van der Waals surface area (Å²) in [5.41, 5.74) is 0. The lowest BCUT2D eigenvalue weighted by molar-refractivity contribution is -0.189. The van der Waals surface area contributed by atoms with Crippen molar-refractivity contribution < 1.29 is 17.3 Å². The SMILES string of the molecule is CC1(OS(=O)(=O)c2ccc(Cl)cc2)CCCCO1. The van der Waals surface area contributed by atoms with Crippen LogP contribution < -0.4 is 0 Å². The van der Waals surface area contributed by atoms with Gasteiger partial charge in [0.15, 0.2) is 5.79 Å². The van der Waals surface area contributed by atoms with E-state index in [4.69, 9.17) is 20.5 Å². The van der Waals surface area contributed by atoms with E-state index in [2.05, 4.69) is 0 Å². The Morgan fingerprint density at radius 1 is 1.28 bits per heavy atom. The molecule has 1 aromatic carbocycles. The van der Waals surface area contributed by atoms with Crippen LogP contribution in [0.2, 0.25) is 5.02 Å². The zero-order valence-corrected chi connectivity index (χ0v) is 11.6. The fourth-order valence-electron chi connectivity index (χ4n) is 1.86. The molecule has 1 aliphatic rings. The lowest BCUT2D eigenvalue weighted by Gasteiger charge is -2.32. The van der Waals surface area contributed by atoms with Gasteiger partial charge in [0.2, 0.25) is 0 Å². The third kappa shape index (κ3) is 3.23. The minimum atomic E-state index is -3.82. The quantitative estimate of drug-likeness (QED) is 0.803. The van der Waals surface area contributed by atoms with Crippen LogP contribution in [-0.2, 0) is 19.0 Å². The van der Waals surface area contributed by atoms with Crippen LogP contribution in [0.3, 0.4) is 0 Å². The Kier molecular flexibility index (Phi) is 3.96. The van der Waals surface area contributed by atoms with E-state index in [9.17, 15) is 8.42 Å². The first-order valence-electron chi connectivity index (χ1n) is 5.76. The number of ether oxygens (including phenoxy) is 1. The fourth-order valence-corrected chi connectivity index (χ4v) is 3.14. The third-order valence-electron chi connectivity index (χ3n) is 2.82. The van der Waals surface area contributed by atoms with Gasteiger partial charge in [-0.3, -0.25) is 0 Å². The van der Waals surface area contributed by atoms with E-state index in [1.165, 1.54) is 24.3 Å². The van der Waals surface area contributed by atoms with Gasteiger partial charge in [-0.25, -0.2) is 4.18 Å². The highest BCUT2D eigenvalue weighted by Crippen LogP contribution is 2.30. The molecule has 0 amide bonds. The smallest absolute Gasteiger partial charge is 0.299 e. The van der Waals surface area contributed by atoms with E-state index >= 15 is 0 Å². The highest BCUT2D eigenvalue weighted by molar-refractivity contribution is 7.86. The summed E-state index contributed by atoms with van der Waals surface area (Å²) in [5, 5.41) is 0.481. The Morgan fingerprint density at radius 3 is 2.50 bits per heavy atom. The Hall–Kier alpha value is -0.620. The number of hydrogen-bond donors (Lipinski definition) is 0. The van der Waals surface area contributed by atoms with Crippen LogP contribution in [0.5, 0.6) is 0 Å². The molecule has 0 aromatic heterocycles. The summed E-state index contributed by atoms with van der Waals surface area (Å²) < 4.78 is 34.8. The average Bonchev–Trinajstić information content (AvgIpc) is 2.29. The van der Waals surface area contributed by atoms with Gasteiger partial charge < -0.3 is 4.74 Å². The van der Waals surface area contributed by atoms with E-state index in [-0.39, 0.29) is 4.90 Å². The first kappa shape index (κ1) is 13.8. The molecule has 100 valence electrons. The molecule has 0 aliphatic carbocycles. The molecular weight excluding hydrogens is 276 g/mol. The van der Waals surface area contributed by atoms with Crippen molar-refractivity contribution in [3.05, 3.63) is 29.3 Å². The minimum absolute atomic E-state index is 0.0855. The van der Waals surface area contributed by atoms with Gasteiger partial charge in [0.25, 0.3) is 10.1 Å². The second-order valence-corrected chi connectivity index (χ2v) is 6.41. The zero-order valence-electron chi connectivity index (χ0n) is 10.1. The first-order valence-corrected chi connectivity index (χ1v) is 7.55. The molecule has 0 bridgehead atoms. The van der Waals surface area contributed by atoms with Crippen molar-refractivity contribution in [2.75, 3.05) is 6.61 Å². The predicted molar refractivity (Wildman–Crippen MR) is 67.9 cm³/mol. The first-order chi connectivity index (χ1) is 8.41. The summed E-state index contributed by atoms with van der Waals surface area (Å²) in [4.78, 5) is 0.0855. The number of rotatable bonds is 3. The van der Waals surface area contributed by atoms with Gasteiger partial charge in [0.05, 0.1) is 11.5 Å². The van der Waals surface area contributed by atoms with Gasteiger partial charge in [0.1, 0.15) is 0 Å². The van der Waals surface area contributed by atoms with Crippen molar-refractivity contribution >= 4 is 21.7 Å². The molecule has 1 aromatic rings. The lowest BCUT2D eigenvalue weighted by atomic mass is 10.1. The Bertz CT molecular complexity index is 503. The maximum absolute atomic E-state index is 12.1. The summed E-state index contributed by atoms with van der Waals surface area (Å²) in [7, 11) is -3.82. The van der Waals surface area contributed by atoms with E-state index in [0.29, 0.717) is 18.1 Å². The predicted octanol–water partition coefficient (Wildman–Crippen LogP) is 2.96. The molecule has 0 saturated carbocycles. The molecule has 1 heterocycles. The number of benzene rings is 1. The minimum Gasteiger partial charge on any atom is -0.349 e. The van der Waals surface area contributed by atoms with Crippen molar-refractivity contribution in [1.82, 2.24) is 0 Å². The second-order valence-electron chi connectivity index (χ2n) is 4.43. The van der Waals surface area contributed by atoms with Gasteiger partial charge in [-0.1, -0.05) is 11.6 Å². The molecule has 0 N–H and O–H groups in total. The normalized spacial score (nSPS) is 25.0. The number of halogens is 1. The summed E-state index contributed by atoms with van der Waals surface area (Å²) in [5.74, 6) is -1.06. The molecular formula is C12H15ClO4S. The highest BCUT2D eigenvalue weighted by atomic mass is 35.5. The van der Waals surface area contributed by atoms with Crippen LogP contribution in [-0.4, -0.2) is 20.8 Å². The van der Waals surface area contributed by atoms with Crippen LogP contribution in [0, 0.1) is 0 Å². The summed E-state index contributed by atoms with van der Waals surface area (Å²) in [6.07, 6.45) is 2.40.